The van der Waals surface area contributed by atoms with Crippen LogP contribution < -0.4 is 16.1 Å². The lowest BCUT2D eigenvalue weighted by molar-refractivity contribution is 0.590. The average molecular weight is 325 g/mol. The van der Waals surface area contributed by atoms with Crippen LogP contribution in [0.15, 0.2) is 39.9 Å². The third-order valence-electron chi connectivity index (χ3n) is 4.52. The molecule has 124 valence electrons. The molecule has 0 unspecified atom stereocenters. The predicted octanol–water partition coefficient (Wildman–Crippen LogP) is 1.46. The number of hydrogen-bond acceptors (Lipinski definition) is 4. The molecule has 0 saturated carbocycles. The van der Waals surface area contributed by atoms with Crippen molar-refractivity contribution in [2.75, 3.05) is 11.4 Å². The first-order chi connectivity index (χ1) is 11.6. The van der Waals surface area contributed by atoms with Gasteiger partial charge < -0.3 is 9.47 Å². The zero-order valence-electron chi connectivity index (χ0n) is 13.8. The Labute approximate surface area is 138 Å². The fraction of sp³-hybridized carbons (Fsp3) is 0.353. The van der Waals surface area contributed by atoms with Crippen molar-refractivity contribution in [3.05, 3.63) is 51.2 Å². The number of aryl methyl sites for hydroxylation is 1. The largest absolute Gasteiger partial charge is 0.332 e. The summed E-state index contributed by atoms with van der Waals surface area (Å²) in [6.45, 7) is 3.82. The second-order valence-corrected chi connectivity index (χ2v) is 6.02. The number of hydrogen-bond donors (Lipinski definition) is 0. The molecule has 0 spiro atoms. The van der Waals surface area contributed by atoms with E-state index in [-0.39, 0.29) is 11.2 Å². The maximum absolute atomic E-state index is 12.8. The van der Waals surface area contributed by atoms with Gasteiger partial charge in [-0.1, -0.05) is 25.1 Å². The quantitative estimate of drug-likeness (QED) is 0.731. The van der Waals surface area contributed by atoms with Crippen LogP contribution in [0.3, 0.4) is 0 Å². The molecule has 0 fully saturated rings. The van der Waals surface area contributed by atoms with Gasteiger partial charge in [0.05, 0.1) is 0 Å². The minimum Gasteiger partial charge on any atom is -0.310 e. The number of aromatic nitrogens is 4. The van der Waals surface area contributed by atoms with Crippen molar-refractivity contribution in [2.24, 2.45) is 7.05 Å². The highest BCUT2D eigenvalue weighted by Gasteiger charge is 2.28. The summed E-state index contributed by atoms with van der Waals surface area (Å²) in [5.74, 6) is 0.720. The molecule has 4 rings (SSSR count). The summed E-state index contributed by atoms with van der Waals surface area (Å²) in [6.07, 6.45) is 0.734. The number of anilines is 2. The van der Waals surface area contributed by atoms with Crippen LogP contribution in [0.4, 0.5) is 11.6 Å². The summed E-state index contributed by atoms with van der Waals surface area (Å²) < 4.78 is 4.71. The van der Waals surface area contributed by atoms with Gasteiger partial charge in [-0.05, 0) is 18.6 Å². The topological polar surface area (TPSA) is 65.1 Å². The molecule has 1 aromatic carbocycles. The zero-order chi connectivity index (χ0) is 16.8. The molecule has 0 aliphatic carbocycles. The average Bonchev–Trinajstić information content (AvgIpc) is 3.16. The first-order valence-corrected chi connectivity index (χ1v) is 8.16. The van der Waals surface area contributed by atoms with Crippen LogP contribution in [0.25, 0.3) is 11.2 Å². The second kappa shape index (κ2) is 5.36. The van der Waals surface area contributed by atoms with Gasteiger partial charge in [-0.3, -0.25) is 13.9 Å². The van der Waals surface area contributed by atoms with Gasteiger partial charge in [0, 0.05) is 32.4 Å². The van der Waals surface area contributed by atoms with E-state index < -0.39 is 0 Å². The van der Waals surface area contributed by atoms with Crippen LogP contribution in [-0.4, -0.2) is 25.2 Å². The Kier molecular flexibility index (Phi) is 3.30. The standard InChI is InChI=1S/C17H19N5O2/c1-3-9-22-15(23)13-14(19(2)17(22)24)18-16-20(10-11-21(13)16)12-7-5-4-6-8-12/h4-8H,3,9-11H2,1-2H3. The van der Waals surface area contributed by atoms with Crippen molar-refractivity contribution in [1.29, 1.82) is 0 Å². The molecule has 0 amide bonds. The zero-order valence-corrected chi connectivity index (χ0v) is 13.8. The molecule has 0 saturated heterocycles. The lowest BCUT2D eigenvalue weighted by Gasteiger charge is -2.15. The molecule has 0 bridgehead atoms. The minimum atomic E-state index is -0.308. The normalized spacial score (nSPS) is 13.7. The van der Waals surface area contributed by atoms with Gasteiger partial charge >= 0.3 is 5.69 Å². The molecular formula is C17H19N5O2. The van der Waals surface area contributed by atoms with Gasteiger partial charge in [0.2, 0.25) is 5.95 Å². The summed E-state index contributed by atoms with van der Waals surface area (Å²) in [5, 5.41) is 0. The first-order valence-electron chi connectivity index (χ1n) is 8.16. The number of para-hydroxylation sites is 1. The van der Waals surface area contributed by atoms with E-state index in [1.807, 2.05) is 41.8 Å². The summed E-state index contributed by atoms with van der Waals surface area (Å²) in [5.41, 5.74) is 1.44. The monoisotopic (exact) mass is 325 g/mol. The van der Waals surface area contributed by atoms with E-state index in [2.05, 4.69) is 9.88 Å². The van der Waals surface area contributed by atoms with Crippen LogP contribution in [-0.2, 0) is 20.1 Å². The lowest BCUT2D eigenvalue weighted by atomic mass is 10.3. The highest BCUT2D eigenvalue weighted by molar-refractivity contribution is 5.77. The van der Waals surface area contributed by atoms with E-state index in [0.29, 0.717) is 24.3 Å². The molecule has 0 N–H and O–H groups in total. The van der Waals surface area contributed by atoms with Crippen LogP contribution in [0.2, 0.25) is 0 Å². The molecule has 0 atom stereocenters. The van der Waals surface area contributed by atoms with Crippen molar-refractivity contribution in [2.45, 2.75) is 26.4 Å². The molecule has 1 aliphatic rings. The Balaban J connectivity index is 1.99. The summed E-state index contributed by atoms with van der Waals surface area (Å²) in [7, 11) is 1.67. The molecule has 3 heterocycles. The fourth-order valence-electron chi connectivity index (χ4n) is 3.35. The maximum atomic E-state index is 12.8. The van der Waals surface area contributed by atoms with E-state index >= 15 is 0 Å². The van der Waals surface area contributed by atoms with Gasteiger partial charge in [-0.15, -0.1) is 0 Å². The molecule has 7 nitrogen and oxygen atoms in total. The number of rotatable bonds is 3. The van der Waals surface area contributed by atoms with Crippen LogP contribution >= 0.6 is 0 Å². The van der Waals surface area contributed by atoms with Crippen molar-refractivity contribution in [3.63, 3.8) is 0 Å². The SMILES string of the molecule is CCCn1c(=O)c2c(nc3n2CCN3c2ccccc2)n(C)c1=O. The Morgan fingerprint density at radius 2 is 1.88 bits per heavy atom. The summed E-state index contributed by atoms with van der Waals surface area (Å²) in [4.78, 5) is 32.0. The molecule has 24 heavy (non-hydrogen) atoms. The molecule has 1 aliphatic heterocycles. The molecule has 3 aromatic rings. The maximum Gasteiger partial charge on any atom is 0.332 e. The Hall–Kier alpha value is -2.83. The molecule has 2 aromatic heterocycles. The Bertz CT molecular complexity index is 1030. The van der Waals surface area contributed by atoms with Crippen LogP contribution in [0, 0.1) is 0 Å². The fourth-order valence-corrected chi connectivity index (χ4v) is 3.35. The van der Waals surface area contributed by atoms with Crippen molar-refractivity contribution in [3.8, 4) is 0 Å². The van der Waals surface area contributed by atoms with E-state index in [0.717, 1.165) is 24.6 Å². The third-order valence-corrected chi connectivity index (χ3v) is 4.52. The van der Waals surface area contributed by atoms with E-state index in [9.17, 15) is 9.59 Å². The minimum absolute atomic E-state index is 0.247. The Morgan fingerprint density at radius 1 is 1.12 bits per heavy atom. The van der Waals surface area contributed by atoms with E-state index in [1.165, 1.54) is 9.13 Å². The summed E-state index contributed by atoms with van der Waals surface area (Å²) >= 11 is 0. The second-order valence-electron chi connectivity index (χ2n) is 6.02. The lowest BCUT2D eigenvalue weighted by Crippen LogP contribution is -2.39. The first kappa shape index (κ1) is 14.7. The Morgan fingerprint density at radius 3 is 2.58 bits per heavy atom. The van der Waals surface area contributed by atoms with Gasteiger partial charge in [0.1, 0.15) is 0 Å². The van der Waals surface area contributed by atoms with Crippen molar-refractivity contribution >= 4 is 22.8 Å². The highest BCUT2D eigenvalue weighted by atomic mass is 16.2. The predicted molar refractivity (Wildman–Crippen MR) is 93.0 cm³/mol. The van der Waals surface area contributed by atoms with Crippen molar-refractivity contribution in [1.82, 2.24) is 18.7 Å². The van der Waals surface area contributed by atoms with Crippen molar-refractivity contribution < 1.29 is 0 Å². The van der Waals surface area contributed by atoms with E-state index in [4.69, 9.17) is 0 Å². The molecule has 7 heteroatoms. The van der Waals surface area contributed by atoms with Crippen LogP contribution in [0.5, 0.6) is 0 Å². The van der Waals surface area contributed by atoms with Gasteiger partial charge in [0.25, 0.3) is 5.56 Å². The number of nitrogens with zero attached hydrogens (tertiary/aromatic N) is 5. The summed E-state index contributed by atoms with van der Waals surface area (Å²) in [6, 6.07) is 9.96. The van der Waals surface area contributed by atoms with Gasteiger partial charge in [0.15, 0.2) is 11.2 Å². The number of benzene rings is 1. The number of imidazole rings is 1. The molecule has 0 radical (unpaired) electrons. The molecular weight excluding hydrogens is 306 g/mol. The van der Waals surface area contributed by atoms with Gasteiger partial charge in [-0.2, -0.15) is 4.98 Å². The van der Waals surface area contributed by atoms with Gasteiger partial charge in [-0.25, -0.2) is 4.79 Å². The third kappa shape index (κ3) is 1.94. The number of fused-ring (bicyclic) bond motifs is 3. The smallest absolute Gasteiger partial charge is 0.310 e. The van der Waals surface area contributed by atoms with Crippen LogP contribution in [0.1, 0.15) is 13.3 Å². The highest BCUT2D eigenvalue weighted by Crippen LogP contribution is 2.31. The van der Waals surface area contributed by atoms with E-state index in [1.54, 1.807) is 7.05 Å².